The van der Waals surface area contributed by atoms with Crippen molar-refractivity contribution in [2.24, 2.45) is 5.92 Å². The number of rotatable bonds is 6. The van der Waals surface area contributed by atoms with E-state index in [4.69, 9.17) is 4.74 Å². The van der Waals surface area contributed by atoms with E-state index >= 15 is 0 Å². The highest BCUT2D eigenvalue weighted by Crippen LogP contribution is 2.30. The number of likely N-dealkylation sites (N-methyl/N-ethyl adjacent to an activating group) is 1. The average Bonchev–Trinajstić information content (AvgIpc) is 2.44. The summed E-state index contributed by atoms with van der Waals surface area (Å²) in [5.41, 5.74) is 2.61. The van der Waals surface area contributed by atoms with Crippen molar-refractivity contribution in [3.05, 3.63) is 35.4 Å². The zero-order chi connectivity index (χ0) is 14.4. The molecule has 0 spiro atoms. The molecule has 0 bridgehead atoms. The van der Waals surface area contributed by atoms with Gasteiger partial charge < -0.3 is 10.1 Å². The molecule has 112 valence electrons. The maximum Gasteiger partial charge on any atom is 0.0952 e. The average molecular weight is 275 g/mol. The largest absolute Gasteiger partial charge is 0.369 e. The third kappa shape index (κ3) is 4.60. The quantitative estimate of drug-likeness (QED) is 0.838. The summed E-state index contributed by atoms with van der Waals surface area (Å²) in [6.45, 7) is 8.53. The summed E-state index contributed by atoms with van der Waals surface area (Å²) in [4.78, 5) is 0. The summed E-state index contributed by atoms with van der Waals surface area (Å²) in [6.07, 6.45) is 5.73. The van der Waals surface area contributed by atoms with Crippen LogP contribution >= 0.6 is 0 Å². The van der Waals surface area contributed by atoms with E-state index in [9.17, 15) is 0 Å². The van der Waals surface area contributed by atoms with Gasteiger partial charge in [0.2, 0.25) is 0 Å². The molecule has 2 heteroatoms. The number of benzene rings is 1. The smallest absolute Gasteiger partial charge is 0.0952 e. The fourth-order valence-electron chi connectivity index (χ4n) is 3.04. The highest BCUT2D eigenvalue weighted by Gasteiger charge is 2.23. The van der Waals surface area contributed by atoms with E-state index in [1.807, 2.05) is 0 Å². The molecule has 2 rings (SSSR count). The fourth-order valence-corrected chi connectivity index (χ4v) is 3.04. The van der Waals surface area contributed by atoms with Crippen LogP contribution in [0.5, 0.6) is 0 Å². The molecule has 0 amide bonds. The maximum atomic E-state index is 6.43. The SMILES string of the molecule is CCNCC(OC1CCCC(C)C1)c1ccc(C)cc1. The van der Waals surface area contributed by atoms with E-state index in [2.05, 4.69) is 50.4 Å². The summed E-state index contributed by atoms with van der Waals surface area (Å²) in [5.74, 6) is 0.812. The molecule has 2 nitrogen and oxygen atoms in total. The minimum Gasteiger partial charge on any atom is -0.369 e. The number of ether oxygens (including phenoxy) is 1. The number of nitrogens with one attached hydrogen (secondary N) is 1. The first-order valence-electron chi connectivity index (χ1n) is 8.11. The van der Waals surface area contributed by atoms with Crippen molar-refractivity contribution in [2.75, 3.05) is 13.1 Å². The molecule has 3 atom stereocenters. The topological polar surface area (TPSA) is 21.3 Å². The number of aryl methyl sites for hydroxylation is 1. The highest BCUT2D eigenvalue weighted by atomic mass is 16.5. The minimum absolute atomic E-state index is 0.186. The fraction of sp³-hybridized carbons (Fsp3) is 0.667. The van der Waals surface area contributed by atoms with Crippen LogP contribution in [0.4, 0.5) is 0 Å². The summed E-state index contributed by atoms with van der Waals surface area (Å²) < 4.78 is 6.43. The van der Waals surface area contributed by atoms with Gasteiger partial charge in [-0.2, -0.15) is 0 Å². The third-order valence-electron chi connectivity index (χ3n) is 4.27. The van der Waals surface area contributed by atoms with Crippen molar-refractivity contribution in [1.29, 1.82) is 0 Å². The van der Waals surface area contributed by atoms with Gasteiger partial charge in [0.25, 0.3) is 0 Å². The minimum atomic E-state index is 0.186. The van der Waals surface area contributed by atoms with E-state index in [1.165, 1.54) is 36.8 Å². The molecule has 0 radical (unpaired) electrons. The van der Waals surface area contributed by atoms with Crippen LogP contribution in [0.3, 0.4) is 0 Å². The van der Waals surface area contributed by atoms with E-state index in [0.29, 0.717) is 6.10 Å². The highest BCUT2D eigenvalue weighted by molar-refractivity contribution is 5.23. The molecular formula is C18H29NO. The van der Waals surface area contributed by atoms with Crippen LogP contribution in [0.2, 0.25) is 0 Å². The number of hydrogen-bond donors (Lipinski definition) is 1. The van der Waals surface area contributed by atoms with Crippen LogP contribution in [0.1, 0.15) is 56.8 Å². The van der Waals surface area contributed by atoms with Gasteiger partial charge >= 0.3 is 0 Å². The predicted molar refractivity (Wildman–Crippen MR) is 85.0 cm³/mol. The lowest BCUT2D eigenvalue weighted by molar-refractivity contribution is -0.0393. The van der Waals surface area contributed by atoms with Crippen molar-refractivity contribution >= 4 is 0 Å². The van der Waals surface area contributed by atoms with Gasteiger partial charge in [-0.05, 0) is 37.8 Å². The van der Waals surface area contributed by atoms with E-state index in [1.54, 1.807) is 0 Å². The first-order chi connectivity index (χ1) is 9.69. The molecule has 0 saturated heterocycles. The Labute approximate surface area is 123 Å². The molecule has 1 aromatic carbocycles. The van der Waals surface area contributed by atoms with Crippen LogP contribution in [-0.2, 0) is 4.74 Å². The van der Waals surface area contributed by atoms with Gasteiger partial charge in [-0.3, -0.25) is 0 Å². The Morgan fingerprint density at radius 1 is 1.25 bits per heavy atom. The van der Waals surface area contributed by atoms with Crippen molar-refractivity contribution in [3.63, 3.8) is 0 Å². The molecule has 20 heavy (non-hydrogen) atoms. The van der Waals surface area contributed by atoms with Gasteiger partial charge in [-0.1, -0.05) is 56.5 Å². The molecular weight excluding hydrogens is 246 g/mol. The second-order valence-electron chi connectivity index (χ2n) is 6.24. The molecule has 1 aliphatic carbocycles. The van der Waals surface area contributed by atoms with Gasteiger partial charge in [-0.15, -0.1) is 0 Å². The van der Waals surface area contributed by atoms with E-state index in [-0.39, 0.29) is 6.10 Å². The van der Waals surface area contributed by atoms with Crippen LogP contribution in [0, 0.1) is 12.8 Å². The Morgan fingerprint density at radius 3 is 2.65 bits per heavy atom. The molecule has 1 saturated carbocycles. The van der Waals surface area contributed by atoms with E-state index in [0.717, 1.165) is 19.0 Å². The van der Waals surface area contributed by atoms with Gasteiger partial charge in [0.1, 0.15) is 0 Å². The molecule has 3 unspecified atom stereocenters. The van der Waals surface area contributed by atoms with Crippen molar-refractivity contribution in [2.45, 2.75) is 58.7 Å². The summed E-state index contributed by atoms with van der Waals surface area (Å²) in [7, 11) is 0. The lowest BCUT2D eigenvalue weighted by Crippen LogP contribution is -2.29. The lowest BCUT2D eigenvalue weighted by atomic mass is 9.88. The van der Waals surface area contributed by atoms with Crippen molar-refractivity contribution in [1.82, 2.24) is 5.32 Å². The van der Waals surface area contributed by atoms with Crippen LogP contribution in [0.15, 0.2) is 24.3 Å². The molecule has 0 aromatic heterocycles. The van der Waals surface area contributed by atoms with E-state index < -0.39 is 0 Å². The lowest BCUT2D eigenvalue weighted by Gasteiger charge is -2.31. The maximum absolute atomic E-state index is 6.43. The summed E-state index contributed by atoms with van der Waals surface area (Å²) in [6, 6.07) is 8.79. The molecule has 0 heterocycles. The normalized spacial score (nSPS) is 24.6. The molecule has 1 N–H and O–H groups in total. The molecule has 0 aliphatic heterocycles. The molecule has 1 aromatic rings. The van der Waals surface area contributed by atoms with Gasteiger partial charge in [0.15, 0.2) is 0 Å². The Kier molecular flexibility index (Phi) is 6.06. The zero-order valence-corrected chi connectivity index (χ0v) is 13.2. The second kappa shape index (κ2) is 7.80. The Bertz CT molecular complexity index is 387. The first kappa shape index (κ1) is 15.5. The molecule has 1 fully saturated rings. The zero-order valence-electron chi connectivity index (χ0n) is 13.2. The van der Waals surface area contributed by atoms with Gasteiger partial charge in [0.05, 0.1) is 12.2 Å². The third-order valence-corrected chi connectivity index (χ3v) is 4.27. The first-order valence-corrected chi connectivity index (χ1v) is 8.11. The Hall–Kier alpha value is -0.860. The monoisotopic (exact) mass is 275 g/mol. The summed E-state index contributed by atoms with van der Waals surface area (Å²) in [5, 5.41) is 3.44. The summed E-state index contributed by atoms with van der Waals surface area (Å²) >= 11 is 0. The molecule has 1 aliphatic rings. The number of hydrogen-bond acceptors (Lipinski definition) is 2. The van der Waals surface area contributed by atoms with Crippen LogP contribution < -0.4 is 5.32 Å². The van der Waals surface area contributed by atoms with Crippen molar-refractivity contribution in [3.8, 4) is 0 Å². The van der Waals surface area contributed by atoms with Gasteiger partial charge in [-0.25, -0.2) is 0 Å². The Balaban J connectivity index is 2.00. The predicted octanol–water partition coefficient (Wildman–Crippen LogP) is 4.24. The Morgan fingerprint density at radius 2 is 2.00 bits per heavy atom. The van der Waals surface area contributed by atoms with Gasteiger partial charge in [0, 0.05) is 6.54 Å². The van der Waals surface area contributed by atoms with Crippen molar-refractivity contribution < 1.29 is 4.74 Å². The standard InChI is InChI=1S/C18H29NO/c1-4-19-13-18(16-10-8-14(2)9-11-16)20-17-7-5-6-15(3)12-17/h8-11,15,17-19H,4-7,12-13H2,1-3H3. The van der Waals surface area contributed by atoms with Crippen LogP contribution in [0.25, 0.3) is 0 Å². The van der Waals surface area contributed by atoms with Crippen LogP contribution in [-0.4, -0.2) is 19.2 Å². The second-order valence-corrected chi connectivity index (χ2v) is 6.24.